The van der Waals surface area contributed by atoms with Crippen LogP contribution in [0.5, 0.6) is 0 Å². The summed E-state index contributed by atoms with van der Waals surface area (Å²) in [4.78, 5) is 0. The van der Waals surface area contributed by atoms with Gasteiger partial charge in [0.05, 0.1) is 0 Å². The third-order valence-corrected chi connectivity index (χ3v) is 6.33. The molecule has 0 radical (unpaired) electrons. The van der Waals surface area contributed by atoms with E-state index in [4.69, 9.17) is 0 Å². The number of hydrogen-bond acceptors (Lipinski definition) is 0. The molecule has 0 aliphatic carbocycles. The fraction of sp³-hybridized carbons (Fsp3) is 0. The van der Waals surface area contributed by atoms with Crippen molar-refractivity contribution in [1.29, 1.82) is 0 Å². The summed E-state index contributed by atoms with van der Waals surface area (Å²) in [6.07, 6.45) is 0. The van der Waals surface area contributed by atoms with Gasteiger partial charge in [-0.2, -0.15) is 0 Å². The van der Waals surface area contributed by atoms with Crippen LogP contribution in [0.4, 0.5) is 0 Å². The molecule has 0 saturated carbocycles. The van der Waals surface area contributed by atoms with Crippen molar-refractivity contribution in [3.63, 3.8) is 0 Å². The van der Waals surface area contributed by atoms with Crippen LogP contribution in [-0.2, 0) is 0 Å². The van der Waals surface area contributed by atoms with Gasteiger partial charge in [-0.05, 0) is 0 Å². The Bertz CT molecular complexity index is 641. The van der Waals surface area contributed by atoms with Crippen molar-refractivity contribution in [2.75, 3.05) is 0 Å². The van der Waals surface area contributed by atoms with Crippen LogP contribution < -0.4 is 18.7 Å². The Morgan fingerprint density at radius 1 is 0.550 bits per heavy atom. The minimum absolute atomic E-state index is 0.440. The molecule has 0 nitrogen and oxygen atoms in total. The minimum atomic E-state index is -0.440. The molecule has 0 unspecified atom stereocenters. The maximum atomic E-state index is 2.37. The molecule has 3 aromatic rings. The van der Waals surface area contributed by atoms with Gasteiger partial charge < -0.3 is 0 Å². The SMILES string of the molecule is [Na][c]1cccc(P(c2ccccc2)c2ccccc2)c1. The molecule has 92 valence electrons. The summed E-state index contributed by atoms with van der Waals surface area (Å²) in [6, 6.07) is 30.8. The molecule has 0 N–H and O–H groups in total. The van der Waals surface area contributed by atoms with Gasteiger partial charge in [0.25, 0.3) is 0 Å². The zero-order valence-electron chi connectivity index (χ0n) is 11.5. The normalized spacial score (nSPS) is 10.8. The molecule has 3 rings (SSSR count). The Hall–Kier alpha value is -0.910. The molecule has 0 atom stereocenters. The third-order valence-electron chi connectivity index (χ3n) is 3.29. The van der Waals surface area contributed by atoms with E-state index < -0.39 is 7.92 Å². The molecule has 0 amide bonds. The fourth-order valence-electron chi connectivity index (χ4n) is 2.37. The van der Waals surface area contributed by atoms with E-state index in [0.29, 0.717) is 0 Å². The zero-order valence-corrected chi connectivity index (χ0v) is 14.4. The average molecular weight is 284 g/mol. The van der Waals surface area contributed by atoms with Gasteiger partial charge in [0.1, 0.15) is 0 Å². The monoisotopic (exact) mass is 284 g/mol. The van der Waals surface area contributed by atoms with E-state index in [2.05, 4.69) is 84.9 Å². The maximum absolute atomic E-state index is 2.37. The molecule has 20 heavy (non-hydrogen) atoms. The summed E-state index contributed by atoms with van der Waals surface area (Å²) in [5.74, 6) is 0. The molecule has 0 aromatic heterocycles. The predicted molar refractivity (Wildman–Crippen MR) is 90.5 cm³/mol. The van der Waals surface area contributed by atoms with Crippen molar-refractivity contribution in [1.82, 2.24) is 0 Å². The van der Waals surface area contributed by atoms with Crippen LogP contribution >= 0.6 is 7.92 Å². The van der Waals surface area contributed by atoms with Crippen molar-refractivity contribution >= 4 is 54.6 Å². The average Bonchev–Trinajstić information content (AvgIpc) is 2.50. The summed E-state index contributed by atoms with van der Waals surface area (Å²) in [5.41, 5.74) is 0. The standard InChI is InChI=1S/C18H14P.Na/c1-4-10-16(11-5-1)19(17-12-6-2-7-13-17)18-14-8-3-9-15-18;/h1-8,10-15H;. The Balaban J connectivity index is 2.14. The van der Waals surface area contributed by atoms with E-state index >= 15 is 0 Å². The Morgan fingerprint density at radius 2 is 1.05 bits per heavy atom. The molecular formula is C18H14NaP. The van der Waals surface area contributed by atoms with Crippen LogP contribution in [0.15, 0.2) is 84.9 Å². The van der Waals surface area contributed by atoms with Gasteiger partial charge >= 0.3 is 140 Å². The van der Waals surface area contributed by atoms with Gasteiger partial charge in [-0.15, -0.1) is 0 Å². The van der Waals surface area contributed by atoms with E-state index in [0.717, 1.165) is 27.9 Å². The summed E-state index contributed by atoms with van der Waals surface area (Å²) < 4.78 is 1.46. The van der Waals surface area contributed by atoms with Gasteiger partial charge in [-0.25, -0.2) is 0 Å². The Kier molecular flexibility index (Phi) is 4.70. The first-order chi connectivity index (χ1) is 9.84. The first kappa shape index (κ1) is 14.0. The van der Waals surface area contributed by atoms with E-state index in [1.807, 2.05) is 0 Å². The Morgan fingerprint density at radius 3 is 1.55 bits per heavy atom. The van der Waals surface area contributed by atoms with E-state index in [1.165, 1.54) is 18.7 Å². The van der Waals surface area contributed by atoms with Crippen LogP contribution in [0.3, 0.4) is 0 Å². The topological polar surface area (TPSA) is 0 Å². The summed E-state index contributed by atoms with van der Waals surface area (Å²) in [5, 5.41) is 4.28. The van der Waals surface area contributed by atoms with Gasteiger partial charge in [-0.3, -0.25) is 0 Å². The molecule has 0 fully saturated rings. The van der Waals surface area contributed by atoms with Gasteiger partial charge in [0, 0.05) is 0 Å². The van der Waals surface area contributed by atoms with Crippen LogP contribution in [0.1, 0.15) is 0 Å². The molecule has 0 bridgehead atoms. The second-order valence-corrected chi connectivity index (χ2v) is 8.22. The fourth-order valence-corrected chi connectivity index (χ4v) is 5.52. The summed E-state index contributed by atoms with van der Waals surface area (Å²) in [6.45, 7) is 0. The first-order valence-corrected chi connectivity index (χ1v) is 9.16. The Labute approximate surface area is 139 Å². The van der Waals surface area contributed by atoms with Crippen molar-refractivity contribution < 1.29 is 0 Å². The number of benzene rings is 3. The van der Waals surface area contributed by atoms with Gasteiger partial charge in [0.15, 0.2) is 0 Å². The van der Waals surface area contributed by atoms with Crippen LogP contribution in [0.25, 0.3) is 0 Å². The van der Waals surface area contributed by atoms with Crippen molar-refractivity contribution in [2.24, 2.45) is 0 Å². The molecule has 0 aliphatic rings. The van der Waals surface area contributed by atoms with Crippen LogP contribution in [0, 0.1) is 0 Å². The molecule has 0 spiro atoms. The van der Waals surface area contributed by atoms with E-state index in [-0.39, 0.29) is 0 Å². The summed E-state index contributed by atoms with van der Waals surface area (Å²) in [7, 11) is -0.440. The van der Waals surface area contributed by atoms with Crippen molar-refractivity contribution in [2.45, 2.75) is 0 Å². The zero-order chi connectivity index (χ0) is 13.8. The second-order valence-electron chi connectivity index (χ2n) is 4.85. The van der Waals surface area contributed by atoms with Crippen molar-refractivity contribution in [3.05, 3.63) is 84.9 Å². The van der Waals surface area contributed by atoms with Gasteiger partial charge in [0.2, 0.25) is 0 Å². The molecular weight excluding hydrogens is 270 g/mol. The number of rotatable bonds is 3. The molecule has 0 aliphatic heterocycles. The first-order valence-electron chi connectivity index (χ1n) is 6.81. The molecule has 0 heterocycles. The van der Waals surface area contributed by atoms with Crippen LogP contribution in [0.2, 0.25) is 0 Å². The van der Waals surface area contributed by atoms with E-state index in [9.17, 15) is 0 Å². The van der Waals surface area contributed by atoms with Crippen molar-refractivity contribution in [3.8, 4) is 0 Å². The van der Waals surface area contributed by atoms with Gasteiger partial charge in [-0.1, -0.05) is 0 Å². The second kappa shape index (κ2) is 6.70. The molecule has 3 aromatic carbocycles. The third kappa shape index (κ3) is 3.22. The quantitative estimate of drug-likeness (QED) is 0.511. The summed E-state index contributed by atoms with van der Waals surface area (Å²) >= 11 is 1.10. The molecule has 0 saturated heterocycles. The van der Waals surface area contributed by atoms with Crippen LogP contribution in [-0.4, -0.2) is 27.9 Å². The molecule has 2 heteroatoms. The number of hydrogen-bond donors (Lipinski definition) is 0. The van der Waals surface area contributed by atoms with E-state index in [1.54, 1.807) is 0 Å². The predicted octanol–water partition coefficient (Wildman–Crippen LogP) is 2.24.